The van der Waals surface area contributed by atoms with Crippen molar-refractivity contribution < 1.29 is 81.0 Å². The number of amides is 4. The molecule has 23 heteroatoms. The Bertz CT molecular complexity index is 1970. The molecule has 2 rings (SSSR count). The zero-order valence-electron chi connectivity index (χ0n) is 41.1. The quantitative estimate of drug-likeness (QED) is 0.0266. The van der Waals surface area contributed by atoms with E-state index < -0.39 is 48.3 Å². The highest BCUT2D eigenvalue weighted by atomic mass is 16.6. The molecule has 0 heterocycles. The smallest absolute Gasteiger partial charge is 0.407 e. The minimum Gasteiger partial charge on any atom is -0.460 e. The third-order valence-electron chi connectivity index (χ3n) is 9.18. The topological polar surface area (TPSA) is 282 Å². The average molecular weight is 1010 g/mol. The van der Waals surface area contributed by atoms with Crippen molar-refractivity contribution in [2.75, 3.05) is 115 Å². The maximum absolute atomic E-state index is 13.7. The number of ether oxygens (including phenoxy) is 8. The van der Waals surface area contributed by atoms with Gasteiger partial charge in [0.15, 0.2) is 5.78 Å². The highest BCUT2D eigenvalue weighted by Crippen LogP contribution is 2.21. The van der Waals surface area contributed by atoms with Crippen LogP contribution in [0.3, 0.4) is 0 Å². The number of carbonyl (C=O) groups is 9. The summed E-state index contributed by atoms with van der Waals surface area (Å²) >= 11 is 0. The summed E-state index contributed by atoms with van der Waals surface area (Å²) in [5.41, 5.74) is 2.70. The molecular weight excluding hydrogens is 945 g/mol. The summed E-state index contributed by atoms with van der Waals surface area (Å²) in [6, 6.07) is 13.1. The molecule has 0 unspecified atom stereocenters. The van der Waals surface area contributed by atoms with E-state index in [1.807, 2.05) is 0 Å². The lowest BCUT2D eigenvalue weighted by Gasteiger charge is -2.25. The van der Waals surface area contributed by atoms with E-state index in [0.717, 1.165) is 0 Å². The maximum Gasteiger partial charge on any atom is 0.407 e. The average Bonchev–Trinajstić information content (AvgIpc) is 3.35. The predicted molar refractivity (Wildman–Crippen MR) is 261 cm³/mol. The van der Waals surface area contributed by atoms with Gasteiger partial charge in [0.1, 0.15) is 52.9 Å². The summed E-state index contributed by atoms with van der Waals surface area (Å²) in [5.74, 6) is -2.70. The zero-order chi connectivity index (χ0) is 53.4. The van der Waals surface area contributed by atoms with E-state index in [1.165, 1.54) is 27.7 Å². The Morgan fingerprint density at radius 3 is 0.792 bits per heavy atom. The first kappa shape index (κ1) is 59.8. The fourth-order valence-corrected chi connectivity index (χ4v) is 5.43. The molecule has 0 aromatic heterocycles. The van der Waals surface area contributed by atoms with Gasteiger partial charge in [0, 0.05) is 44.8 Å². The second-order valence-electron chi connectivity index (χ2n) is 15.3. The van der Waals surface area contributed by atoms with Crippen molar-refractivity contribution in [3.8, 4) is 0 Å². The molecule has 0 fully saturated rings. The lowest BCUT2D eigenvalue weighted by atomic mass is 10.0. The fraction of sp³-hybridized carbons (Fsp3) is 0.408. The third-order valence-corrected chi connectivity index (χ3v) is 9.18. The minimum atomic E-state index is -0.763. The van der Waals surface area contributed by atoms with Crippen molar-refractivity contribution >= 4 is 65.4 Å². The van der Waals surface area contributed by atoms with E-state index in [2.05, 4.69) is 47.6 Å². The Kier molecular flexibility index (Phi) is 27.6. The zero-order valence-corrected chi connectivity index (χ0v) is 41.1. The largest absolute Gasteiger partial charge is 0.460 e. The number of ketones is 1. The molecule has 72 heavy (non-hydrogen) atoms. The van der Waals surface area contributed by atoms with Crippen molar-refractivity contribution in [1.29, 1.82) is 0 Å². The normalized spacial score (nSPS) is 10.2. The molecule has 0 saturated heterocycles. The molecule has 0 radical (unpaired) electrons. The van der Waals surface area contributed by atoms with Gasteiger partial charge in [-0.2, -0.15) is 0 Å². The minimum absolute atomic E-state index is 0.00227. The molecule has 4 N–H and O–H groups in total. The van der Waals surface area contributed by atoms with E-state index >= 15 is 0 Å². The lowest BCUT2D eigenvalue weighted by Crippen LogP contribution is -2.36. The van der Waals surface area contributed by atoms with Crippen LogP contribution in [-0.2, 0) is 57.1 Å². The van der Waals surface area contributed by atoms with Crippen LogP contribution in [0.2, 0.25) is 0 Å². The van der Waals surface area contributed by atoms with Gasteiger partial charge in [-0.05, 0) is 76.2 Å². The van der Waals surface area contributed by atoms with Crippen LogP contribution >= 0.6 is 0 Å². The Labute approximate surface area is 417 Å². The summed E-state index contributed by atoms with van der Waals surface area (Å²) in [4.78, 5) is 113. The monoisotopic (exact) mass is 1010 g/mol. The van der Waals surface area contributed by atoms with Crippen molar-refractivity contribution in [2.24, 2.45) is 0 Å². The van der Waals surface area contributed by atoms with Crippen LogP contribution in [0.5, 0.6) is 0 Å². The molecule has 0 bridgehead atoms. The van der Waals surface area contributed by atoms with Gasteiger partial charge in [-0.3, -0.25) is 4.79 Å². The van der Waals surface area contributed by atoms with Crippen LogP contribution in [0, 0.1) is 0 Å². The summed E-state index contributed by atoms with van der Waals surface area (Å²) < 4.78 is 41.0. The van der Waals surface area contributed by atoms with E-state index in [9.17, 15) is 43.2 Å². The first-order valence-corrected chi connectivity index (χ1v) is 22.5. The summed E-state index contributed by atoms with van der Waals surface area (Å²) in [6.07, 6.45) is -3.05. The number of nitrogens with one attached hydrogen (secondary N) is 4. The van der Waals surface area contributed by atoms with Crippen LogP contribution in [0.4, 0.5) is 30.6 Å². The van der Waals surface area contributed by atoms with Gasteiger partial charge in [-0.25, -0.2) is 38.4 Å². The van der Waals surface area contributed by atoms with Crippen LogP contribution in [0.1, 0.15) is 43.6 Å². The number of benzene rings is 2. The Hall–Kier alpha value is -8.37. The van der Waals surface area contributed by atoms with Crippen LogP contribution < -0.4 is 31.1 Å². The summed E-state index contributed by atoms with van der Waals surface area (Å²) in [7, 11) is 0. The molecule has 4 amide bonds. The maximum atomic E-state index is 13.7. The number of alkyl carbamates (subject to hydrolysis) is 4. The fourth-order valence-electron chi connectivity index (χ4n) is 5.43. The van der Waals surface area contributed by atoms with Crippen molar-refractivity contribution in [3.05, 3.63) is 108 Å². The number of esters is 4. The molecule has 2 aromatic rings. The lowest BCUT2D eigenvalue weighted by molar-refractivity contribution is -0.139. The highest BCUT2D eigenvalue weighted by Gasteiger charge is 2.17. The number of anilines is 2. The van der Waals surface area contributed by atoms with Gasteiger partial charge in [0.25, 0.3) is 0 Å². The van der Waals surface area contributed by atoms with Crippen molar-refractivity contribution in [3.63, 3.8) is 0 Å². The molecule has 0 aliphatic heterocycles. The number of hydrogen-bond acceptors (Lipinski definition) is 19. The Balaban J connectivity index is 2.13. The first-order valence-electron chi connectivity index (χ1n) is 22.5. The van der Waals surface area contributed by atoms with Crippen LogP contribution in [0.15, 0.2) is 97.1 Å². The SMILES string of the molecule is C=C(C)C(=O)OCCNC(=O)OCCN(CCOC(=O)NCCOC(=O)C(=C)C)c1ccc(C(=O)c2ccc(N(CCOC(=O)NCCOC(=O)C(=C)C)CCOC(=O)NCCOC(=O)C(=C)C)cc2)cc1. The number of nitrogens with zero attached hydrogens (tertiary/aromatic N) is 2. The molecule has 2 aromatic carbocycles. The molecule has 0 spiro atoms. The van der Waals surface area contributed by atoms with E-state index in [1.54, 1.807) is 58.3 Å². The van der Waals surface area contributed by atoms with Gasteiger partial charge in [-0.1, -0.05) is 26.3 Å². The highest BCUT2D eigenvalue weighted by molar-refractivity contribution is 6.09. The van der Waals surface area contributed by atoms with Gasteiger partial charge >= 0.3 is 48.3 Å². The van der Waals surface area contributed by atoms with Gasteiger partial charge < -0.3 is 69.0 Å². The number of rotatable bonds is 32. The first-order chi connectivity index (χ1) is 34.3. The molecule has 0 aliphatic rings. The van der Waals surface area contributed by atoms with E-state index in [0.29, 0.717) is 22.5 Å². The molecular formula is C49H64N6O17. The molecule has 23 nitrogen and oxygen atoms in total. The van der Waals surface area contributed by atoms with Gasteiger partial charge in [-0.15, -0.1) is 0 Å². The van der Waals surface area contributed by atoms with E-state index in [4.69, 9.17) is 37.9 Å². The summed E-state index contributed by atoms with van der Waals surface area (Å²) in [6.45, 7) is 19.7. The summed E-state index contributed by atoms with van der Waals surface area (Å²) in [5, 5.41) is 9.90. The number of hydrogen-bond donors (Lipinski definition) is 4. The molecule has 0 saturated carbocycles. The molecule has 0 aliphatic carbocycles. The third kappa shape index (κ3) is 24.8. The van der Waals surface area contributed by atoms with Crippen molar-refractivity contribution in [1.82, 2.24) is 21.3 Å². The van der Waals surface area contributed by atoms with Crippen molar-refractivity contribution in [2.45, 2.75) is 27.7 Å². The van der Waals surface area contributed by atoms with Gasteiger partial charge in [0.2, 0.25) is 0 Å². The Morgan fingerprint density at radius 1 is 0.361 bits per heavy atom. The van der Waals surface area contributed by atoms with Gasteiger partial charge in [0.05, 0.1) is 52.4 Å². The van der Waals surface area contributed by atoms with Crippen LogP contribution in [0.25, 0.3) is 0 Å². The second-order valence-corrected chi connectivity index (χ2v) is 15.3. The number of carbonyl (C=O) groups excluding carboxylic acids is 9. The standard InChI is InChI=1S/C49H64N6O17/c1-33(2)42(57)65-25-17-50-46(61)69-29-21-54(22-30-70-47(62)51-18-26-66-43(58)34(3)4)39-13-9-37(10-14-39)41(56)38-11-15-40(16-12-38)55(23-31-71-48(63)52-19-27-67-44(59)35(5)6)24-32-72-49(64)53-20-28-68-45(60)36(7)8/h9-16H,1,3,5,7,17-32H2,2,4,6,8H3,(H,50,61)(H,51,62)(H,52,63)(H,53,64). The predicted octanol–water partition coefficient (Wildman–Crippen LogP) is 3.91. The van der Waals surface area contributed by atoms with Crippen LogP contribution in [-0.4, -0.2) is 159 Å². The van der Waals surface area contributed by atoms with E-state index in [-0.39, 0.29) is 133 Å². The molecule has 392 valence electrons. The Morgan fingerprint density at radius 2 is 0.583 bits per heavy atom. The second kappa shape index (κ2) is 33.2. The molecule has 0 atom stereocenters.